The lowest BCUT2D eigenvalue weighted by molar-refractivity contribution is 0.615. The van der Waals surface area contributed by atoms with E-state index in [1.165, 1.54) is 0 Å². The number of halogens is 1. The zero-order chi connectivity index (χ0) is 10.6. The fourth-order valence-electron chi connectivity index (χ4n) is 1.14. The summed E-state index contributed by atoms with van der Waals surface area (Å²) in [4.78, 5) is 1.95. The summed E-state index contributed by atoms with van der Waals surface area (Å²) >= 11 is 6.06. The number of hydrogen-bond acceptors (Lipinski definition) is 2. The van der Waals surface area contributed by atoms with Crippen molar-refractivity contribution in [3.8, 4) is 0 Å². The third kappa shape index (κ3) is 2.79. The molecular formula is C10H12BClNO. The van der Waals surface area contributed by atoms with Crippen LogP contribution in [0.2, 0.25) is 5.02 Å². The molecule has 0 aliphatic heterocycles. The highest BCUT2D eigenvalue weighted by atomic mass is 35.5. The van der Waals surface area contributed by atoms with Gasteiger partial charge in [0.15, 0.2) is 0 Å². The molecule has 0 saturated carbocycles. The summed E-state index contributed by atoms with van der Waals surface area (Å²) in [5.74, 6) is 1.56. The van der Waals surface area contributed by atoms with Gasteiger partial charge < -0.3 is 9.92 Å². The Balaban J connectivity index is 2.94. The fourth-order valence-corrected chi connectivity index (χ4v) is 1.50. The van der Waals surface area contributed by atoms with Crippen LogP contribution in [0.3, 0.4) is 0 Å². The Morgan fingerprint density at radius 1 is 1.43 bits per heavy atom. The van der Waals surface area contributed by atoms with Gasteiger partial charge in [0, 0.05) is 14.1 Å². The van der Waals surface area contributed by atoms with Crippen LogP contribution < -0.4 is 4.90 Å². The first-order chi connectivity index (χ1) is 6.65. The molecule has 0 spiro atoms. The summed E-state index contributed by atoms with van der Waals surface area (Å²) in [5.41, 5.74) is 1.95. The van der Waals surface area contributed by atoms with E-state index in [4.69, 9.17) is 16.6 Å². The molecule has 4 heteroatoms. The van der Waals surface area contributed by atoms with Crippen LogP contribution in [0.25, 0.3) is 6.08 Å². The first kappa shape index (κ1) is 11.2. The van der Waals surface area contributed by atoms with Crippen molar-refractivity contribution in [3.05, 3.63) is 34.8 Å². The Bertz CT molecular complexity index is 339. The van der Waals surface area contributed by atoms with Crippen LogP contribution in [0.4, 0.5) is 5.69 Å². The number of anilines is 1. The fraction of sp³-hybridized carbons (Fsp3) is 0.200. The van der Waals surface area contributed by atoms with Gasteiger partial charge in [-0.15, -0.1) is 0 Å². The van der Waals surface area contributed by atoms with Crippen molar-refractivity contribution in [1.82, 2.24) is 0 Å². The molecule has 0 aliphatic rings. The zero-order valence-corrected chi connectivity index (χ0v) is 8.99. The summed E-state index contributed by atoms with van der Waals surface area (Å²) < 4.78 is 0. The number of nitrogens with zero attached hydrogens (tertiary/aromatic N) is 1. The third-order valence-electron chi connectivity index (χ3n) is 1.83. The van der Waals surface area contributed by atoms with E-state index in [9.17, 15) is 0 Å². The average Bonchev–Trinajstić information content (AvgIpc) is 2.14. The van der Waals surface area contributed by atoms with Crippen LogP contribution in [0, 0.1) is 0 Å². The summed E-state index contributed by atoms with van der Waals surface area (Å²) in [7, 11) is 4.88. The highest BCUT2D eigenvalue weighted by molar-refractivity contribution is 6.34. The highest BCUT2D eigenvalue weighted by Crippen LogP contribution is 2.25. The van der Waals surface area contributed by atoms with E-state index in [-0.39, 0.29) is 0 Å². The number of benzene rings is 1. The predicted molar refractivity (Wildman–Crippen MR) is 62.8 cm³/mol. The smallest absolute Gasteiger partial charge is 0.318 e. The molecule has 0 amide bonds. The van der Waals surface area contributed by atoms with E-state index < -0.39 is 0 Å². The van der Waals surface area contributed by atoms with Gasteiger partial charge in [-0.2, -0.15) is 0 Å². The van der Waals surface area contributed by atoms with Gasteiger partial charge in [0.05, 0.1) is 10.7 Å². The molecule has 0 bridgehead atoms. The summed E-state index contributed by atoms with van der Waals surface area (Å²) in [6.07, 6.45) is 1.78. The average molecular weight is 208 g/mol. The first-order valence-electron chi connectivity index (χ1n) is 4.26. The van der Waals surface area contributed by atoms with Crippen molar-refractivity contribution in [2.24, 2.45) is 0 Å². The Labute approximate surface area is 90.1 Å². The lowest BCUT2D eigenvalue weighted by Gasteiger charge is -2.14. The topological polar surface area (TPSA) is 23.5 Å². The Kier molecular flexibility index (Phi) is 4.05. The molecule has 14 heavy (non-hydrogen) atoms. The molecule has 0 heterocycles. The monoisotopic (exact) mass is 208 g/mol. The first-order valence-corrected chi connectivity index (χ1v) is 4.64. The van der Waals surface area contributed by atoms with Gasteiger partial charge in [-0.1, -0.05) is 29.7 Å². The van der Waals surface area contributed by atoms with Crippen LogP contribution in [0.15, 0.2) is 24.2 Å². The predicted octanol–water partition coefficient (Wildman–Crippen LogP) is 1.99. The minimum absolute atomic E-state index is 0.704. The summed E-state index contributed by atoms with van der Waals surface area (Å²) in [6, 6.07) is 5.75. The van der Waals surface area contributed by atoms with Crippen molar-refractivity contribution in [1.29, 1.82) is 0 Å². The van der Waals surface area contributed by atoms with E-state index in [2.05, 4.69) is 0 Å². The zero-order valence-electron chi connectivity index (χ0n) is 8.24. The maximum absolute atomic E-state index is 8.49. The Morgan fingerprint density at radius 3 is 2.64 bits per heavy atom. The molecule has 2 nitrogen and oxygen atoms in total. The molecule has 0 saturated heterocycles. The molecule has 1 radical (unpaired) electrons. The molecule has 1 rings (SSSR count). The third-order valence-corrected chi connectivity index (χ3v) is 2.13. The van der Waals surface area contributed by atoms with Gasteiger partial charge in [0.2, 0.25) is 0 Å². The van der Waals surface area contributed by atoms with Gasteiger partial charge in [-0.3, -0.25) is 0 Å². The van der Waals surface area contributed by atoms with Crippen molar-refractivity contribution in [2.45, 2.75) is 0 Å². The molecule has 0 unspecified atom stereocenters. The standard InChI is InChI=1S/C10H12BClNO/c1-13(2)10-4-3-8(5-6-11-14)7-9(10)12/h3-7,14H,1-2H3. The van der Waals surface area contributed by atoms with E-state index in [1.807, 2.05) is 37.2 Å². The van der Waals surface area contributed by atoms with Gasteiger partial charge in [0.1, 0.15) is 0 Å². The lowest BCUT2D eigenvalue weighted by atomic mass is 10.0. The molecule has 73 valence electrons. The van der Waals surface area contributed by atoms with Crippen molar-refractivity contribution in [3.63, 3.8) is 0 Å². The number of rotatable bonds is 3. The molecule has 0 aromatic heterocycles. The van der Waals surface area contributed by atoms with Crippen LogP contribution in [-0.2, 0) is 0 Å². The maximum Gasteiger partial charge on any atom is 0.318 e. The Morgan fingerprint density at radius 2 is 2.14 bits per heavy atom. The molecule has 0 fully saturated rings. The Hall–Kier alpha value is -0.925. The quantitative estimate of drug-likeness (QED) is 0.768. The minimum Gasteiger partial charge on any atom is -0.450 e. The van der Waals surface area contributed by atoms with Gasteiger partial charge in [-0.25, -0.2) is 0 Å². The summed E-state index contributed by atoms with van der Waals surface area (Å²) in [6.45, 7) is 0. The number of hydrogen-bond donors (Lipinski definition) is 1. The molecule has 1 aromatic carbocycles. The van der Waals surface area contributed by atoms with Crippen LogP contribution >= 0.6 is 11.6 Å². The van der Waals surface area contributed by atoms with Crippen LogP contribution in [0.5, 0.6) is 0 Å². The molecular weight excluding hydrogens is 196 g/mol. The largest absolute Gasteiger partial charge is 0.450 e. The van der Waals surface area contributed by atoms with Gasteiger partial charge >= 0.3 is 7.48 Å². The van der Waals surface area contributed by atoms with E-state index in [0.717, 1.165) is 18.7 Å². The van der Waals surface area contributed by atoms with Crippen LogP contribution in [-0.4, -0.2) is 26.6 Å². The second-order valence-corrected chi connectivity index (χ2v) is 3.52. The molecule has 1 aromatic rings. The maximum atomic E-state index is 8.49. The van der Waals surface area contributed by atoms with E-state index in [1.54, 1.807) is 12.1 Å². The van der Waals surface area contributed by atoms with Crippen molar-refractivity contribution >= 4 is 30.8 Å². The normalized spacial score (nSPS) is 10.6. The molecule has 1 N–H and O–H groups in total. The minimum atomic E-state index is 0.704. The van der Waals surface area contributed by atoms with Crippen LogP contribution in [0.1, 0.15) is 5.56 Å². The second-order valence-electron chi connectivity index (χ2n) is 3.11. The van der Waals surface area contributed by atoms with Gasteiger partial charge in [-0.05, 0) is 17.7 Å². The highest BCUT2D eigenvalue weighted by Gasteiger charge is 2.01. The van der Waals surface area contributed by atoms with Gasteiger partial charge in [0.25, 0.3) is 0 Å². The molecule has 0 atom stereocenters. The summed E-state index contributed by atoms with van der Waals surface area (Å²) in [5, 5.41) is 9.19. The van der Waals surface area contributed by atoms with E-state index >= 15 is 0 Å². The van der Waals surface area contributed by atoms with Crippen molar-refractivity contribution < 1.29 is 5.02 Å². The molecule has 0 aliphatic carbocycles. The SMILES string of the molecule is CN(C)c1ccc(C=C[B]O)cc1Cl. The lowest BCUT2D eigenvalue weighted by Crippen LogP contribution is -2.08. The van der Waals surface area contributed by atoms with E-state index in [0.29, 0.717) is 5.02 Å². The second kappa shape index (κ2) is 5.08. The van der Waals surface area contributed by atoms with Crippen molar-refractivity contribution in [2.75, 3.05) is 19.0 Å².